The lowest BCUT2D eigenvalue weighted by atomic mass is 9.90. The Bertz CT molecular complexity index is 420. The Morgan fingerprint density at radius 2 is 2.20 bits per heavy atom. The first-order valence-electron chi connectivity index (χ1n) is 5.00. The lowest BCUT2D eigenvalue weighted by Crippen LogP contribution is -2.08. The zero-order chi connectivity index (χ0) is 10.8. The standard InChI is InChI=1S/C10H13N3O2/c1-13-6-9(11-12-13)7-4-2-3-5-8(7)10(14)15/h6H,2-5H2,1H3,(H,14,15). The number of carboxylic acid groups (broad SMARTS) is 1. The van der Waals surface area contributed by atoms with E-state index in [0.717, 1.165) is 24.8 Å². The van der Waals surface area contributed by atoms with Crippen LogP contribution in [0.25, 0.3) is 5.57 Å². The van der Waals surface area contributed by atoms with Gasteiger partial charge in [0.15, 0.2) is 0 Å². The van der Waals surface area contributed by atoms with Crippen LogP contribution in [0.2, 0.25) is 0 Å². The molecule has 0 atom stereocenters. The number of hydrogen-bond donors (Lipinski definition) is 1. The molecule has 15 heavy (non-hydrogen) atoms. The van der Waals surface area contributed by atoms with Gasteiger partial charge in [-0.3, -0.25) is 4.68 Å². The van der Waals surface area contributed by atoms with Gasteiger partial charge in [0.25, 0.3) is 0 Å². The van der Waals surface area contributed by atoms with Crippen LogP contribution in [0.3, 0.4) is 0 Å². The van der Waals surface area contributed by atoms with Gasteiger partial charge in [0.2, 0.25) is 0 Å². The highest BCUT2D eigenvalue weighted by molar-refractivity contribution is 5.96. The normalized spacial score (nSPS) is 16.9. The molecule has 1 N–H and O–H groups in total. The molecule has 5 heteroatoms. The van der Waals surface area contributed by atoms with Crippen LogP contribution in [0.4, 0.5) is 0 Å². The lowest BCUT2D eigenvalue weighted by Gasteiger charge is -2.15. The number of hydrogen-bond acceptors (Lipinski definition) is 3. The van der Waals surface area contributed by atoms with Gasteiger partial charge in [-0.2, -0.15) is 0 Å². The maximum absolute atomic E-state index is 11.0. The van der Waals surface area contributed by atoms with Gasteiger partial charge in [0.1, 0.15) is 5.69 Å². The average molecular weight is 207 g/mol. The largest absolute Gasteiger partial charge is 0.478 e. The molecule has 0 aliphatic heterocycles. The number of carbonyl (C=O) groups is 1. The van der Waals surface area contributed by atoms with Gasteiger partial charge in [-0.1, -0.05) is 5.21 Å². The monoisotopic (exact) mass is 207 g/mol. The molecular weight excluding hydrogens is 194 g/mol. The zero-order valence-electron chi connectivity index (χ0n) is 8.60. The van der Waals surface area contributed by atoms with E-state index in [4.69, 9.17) is 5.11 Å². The Morgan fingerprint density at radius 3 is 2.80 bits per heavy atom. The highest BCUT2D eigenvalue weighted by Gasteiger charge is 2.21. The molecule has 5 nitrogen and oxygen atoms in total. The third-order valence-corrected chi connectivity index (χ3v) is 2.64. The van der Waals surface area contributed by atoms with Crippen LogP contribution in [0.1, 0.15) is 31.4 Å². The number of aliphatic carboxylic acids is 1. The van der Waals surface area contributed by atoms with E-state index in [-0.39, 0.29) is 0 Å². The fourth-order valence-electron chi connectivity index (χ4n) is 1.91. The van der Waals surface area contributed by atoms with Gasteiger partial charge in [-0.05, 0) is 31.3 Å². The highest BCUT2D eigenvalue weighted by Crippen LogP contribution is 2.31. The van der Waals surface area contributed by atoms with Gasteiger partial charge >= 0.3 is 5.97 Å². The van der Waals surface area contributed by atoms with Crippen molar-refractivity contribution in [3.8, 4) is 0 Å². The van der Waals surface area contributed by atoms with Crippen LogP contribution in [-0.4, -0.2) is 26.1 Å². The Hall–Kier alpha value is -1.65. The predicted molar refractivity (Wildman–Crippen MR) is 54.0 cm³/mol. The zero-order valence-corrected chi connectivity index (χ0v) is 8.60. The minimum Gasteiger partial charge on any atom is -0.478 e. The molecule has 0 radical (unpaired) electrons. The Kier molecular flexibility index (Phi) is 2.53. The van der Waals surface area contributed by atoms with E-state index >= 15 is 0 Å². The Labute approximate surface area is 87.4 Å². The molecule has 1 aromatic heterocycles. The number of carboxylic acids is 1. The molecule has 0 bridgehead atoms. The van der Waals surface area contributed by atoms with Crippen molar-refractivity contribution in [1.82, 2.24) is 15.0 Å². The number of allylic oxidation sites excluding steroid dienone is 1. The second kappa shape index (κ2) is 3.84. The third-order valence-electron chi connectivity index (χ3n) is 2.64. The second-order valence-corrected chi connectivity index (χ2v) is 3.75. The number of aryl methyl sites for hydroxylation is 1. The molecule has 80 valence electrons. The van der Waals surface area contributed by atoms with Gasteiger partial charge in [-0.25, -0.2) is 4.79 Å². The highest BCUT2D eigenvalue weighted by atomic mass is 16.4. The van der Waals surface area contributed by atoms with Gasteiger partial charge < -0.3 is 5.11 Å². The van der Waals surface area contributed by atoms with Crippen LogP contribution >= 0.6 is 0 Å². The van der Waals surface area contributed by atoms with Gasteiger partial charge in [0, 0.05) is 12.6 Å². The van der Waals surface area contributed by atoms with Crippen molar-refractivity contribution in [1.29, 1.82) is 0 Å². The molecule has 0 amide bonds. The first-order valence-corrected chi connectivity index (χ1v) is 5.00. The second-order valence-electron chi connectivity index (χ2n) is 3.75. The fraction of sp³-hybridized carbons (Fsp3) is 0.500. The SMILES string of the molecule is Cn1cc(C2=C(C(=O)O)CCCC2)nn1. The van der Waals surface area contributed by atoms with Crippen molar-refractivity contribution >= 4 is 11.5 Å². The smallest absolute Gasteiger partial charge is 0.331 e. The summed E-state index contributed by atoms with van der Waals surface area (Å²) in [6, 6.07) is 0. The molecule has 1 aliphatic rings. The summed E-state index contributed by atoms with van der Waals surface area (Å²) >= 11 is 0. The minimum absolute atomic E-state index is 0.502. The molecule has 0 aromatic carbocycles. The number of rotatable bonds is 2. The maximum Gasteiger partial charge on any atom is 0.331 e. The van der Waals surface area contributed by atoms with Crippen LogP contribution in [0, 0.1) is 0 Å². The summed E-state index contributed by atoms with van der Waals surface area (Å²) in [4.78, 5) is 11.0. The van der Waals surface area contributed by atoms with Crippen LogP contribution in [0.15, 0.2) is 11.8 Å². The van der Waals surface area contributed by atoms with Crippen molar-refractivity contribution in [3.05, 3.63) is 17.5 Å². The van der Waals surface area contributed by atoms with Crippen LogP contribution in [0.5, 0.6) is 0 Å². The van der Waals surface area contributed by atoms with Crippen molar-refractivity contribution in [2.24, 2.45) is 7.05 Å². The van der Waals surface area contributed by atoms with E-state index in [1.54, 1.807) is 17.9 Å². The summed E-state index contributed by atoms with van der Waals surface area (Å²) in [6.07, 6.45) is 5.18. The fourth-order valence-corrected chi connectivity index (χ4v) is 1.91. The molecule has 1 aliphatic carbocycles. The molecule has 0 saturated carbocycles. The van der Waals surface area contributed by atoms with Crippen LogP contribution in [-0.2, 0) is 11.8 Å². The molecular formula is C10H13N3O2. The Balaban J connectivity index is 2.43. The first-order chi connectivity index (χ1) is 7.18. The summed E-state index contributed by atoms with van der Waals surface area (Å²) in [5.74, 6) is -0.824. The van der Waals surface area contributed by atoms with E-state index in [1.807, 2.05) is 0 Å². The van der Waals surface area contributed by atoms with Crippen molar-refractivity contribution in [2.45, 2.75) is 25.7 Å². The van der Waals surface area contributed by atoms with Crippen molar-refractivity contribution in [3.63, 3.8) is 0 Å². The van der Waals surface area contributed by atoms with E-state index in [0.29, 0.717) is 17.7 Å². The third kappa shape index (κ3) is 1.91. The number of nitrogens with zero attached hydrogens (tertiary/aromatic N) is 3. The summed E-state index contributed by atoms with van der Waals surface area (Å²) in [6.45, 7) is 0. The average Bonchev–Trinajstić information content (AvgIpc) is 2.65. The Morgan fingerprint density at radius 1 is 1.47 bits per heavy atom. The molecule has 0 unspecified atom stereocenters. The summed E-state index contributed by atoms with van der Waals surface area (Å²) < 4.78 is 1.59. The van der Waals surface area contributed by atoms with E-state index in [9.17, 15) is 4.79 Å². The van der Waals surface area contributed by atoms with Crippen molar-refractivity contribution < 1.29 is 9.90 Å². The molecule has 0 saturated heterocycles. The van der Waals surface area contributed by atoms with Crippen LogP contribution < -0.4 is 0 Å². The molecule has 0 spiro atoms. The lowest BCUT2D eigenvalue weighted by molar-refractivity contribution is -0.132. The minimum atomic E-state index is -0.824. The van der Waals surface area contributed by atoms with E-state index < -0.39 is 5.97 Å². The number of aromatic nitrogens is 3. The predicted octanol–water partition coefficient (Wildman–Crippen LogP) is 1.23. The van der Waals surface area contributed by atoms with E-state index in [2.05, 4.69) is 10.3 Å². The molecule has 2 rings (SSSR count). The molecule has 0 fully saturated rings. The first kappa shape index (κ1) is 9.89. The molecule has 1 heterocycles. The van der Waals surface area contributed by atoms with E-state index in [1.165, 1.54) is 0 Å². The van der Waals surface area contributed by atoms with Gasteiger partial charge in [-0.15, -0.1) is 5.10 Å². The quantitative estimate of drug-likeness (QED) is 0.791. The molecule has 1 aromatic rings. The van der Waals surface area contributed by atoms with Crippen molar-refractivity contribution in [2.75, 3.05) is 0 Å². The summed E-state index contributed by atoms with van der Waals surface area (Å²) in [5, 5.41) is 16.9. The van der Waals surface area contributed by atoms with Gasteiger partial charge in [0.05, 0.1) is 6.20 Å². The summed E-state index contributed by atoms with van der Waals surface area (Å²) in [5.41, 5.74) is 2.05. The summed E-state index contributed by atoms with van der Waals surface area (Å²) in [7, 11) is 1.78. The topological polar surface area (TPSA) is 68.0 Å². The maximum atomic E-state index is 11.0.